The van der Waals surface area contributed by atoms with Gasteiger partial charge in [0.15, 0.2) is 0 Å². The van der Waals surface area contributed by atoms with Gasteiger partial charge in [0.2, 0.25) is 0 Å². The predicted octanol–water partition coefficient (Wildman–Crippen LogP) is 2.83. The van der Waals surface area contributed by atoms with Gasteiger partial charge in [0.1, 0.15) is 6.61 Å². The topological polar surface area (TPSA) is 50.4 Å². The van der Waals surface area contributed by atoms with Crippen molar-refractivity contribution in [3.05, 3.63) is 35.9 Å². The second-order valence-electron chi connectivity index (χ2n) is 6.51. The van der Waals surface area contributed by atoms with Crippen LogP contribution in [-0.4, -0.2) is 24.2 Å². The SMILES string of the molecule is CC1CC(NC2CC(NC(=O)OCc3ccccc3)C2)C1. The van der Waals surface area contributed by atoms with Crippen LogP contribution in [0, 0.1) is 5.92 Å². The second-order valence-corrected chi connectivity index (χ2v) is 6.51. The molecule has 0 aliphatic heterocycles. The Balaban J connectivity index is 1.28. The van der Waals surface area contributed by atoms with Crippen LogP contribution in [0.3, 0.4) is 0 Å². The summed E-state index contributed by atoms with van der Waals surface area (Å²) in [5.74, 6) is 0.879. The van der Waals surface area contributed by atoms with E-state index in [4.69, 9.17) is 4.74 Å². The molecule has 4 nitrogen and oxygen atoms in total. The predicted molar refractivity (Wildman–Crippen MR) is 81.9 cm³/mol. The standard InChI is InChI=1S/C17H24N2O2/c1-12-7-14(8-12)18-15-9-16(10-15)19-17(20)21-11-13-5-3-2-4-6-13/h2-6,12,14-16,18H,7-11H2,1H3,(H,19,20). The van der Waals surface area contributed by atoms with Crippen LogP contribution in [0.5, 0.6) is 0 Å². The number of ether oxygens (including phenoxy) is 1. The molecule has 0 atom stereocenters. The Morgan fingerprint density at radius 3 is 2.43 bits per heavy atom. The number of hydrogen-bond donors (Lipinski definition) is 2. The molecule has 4 heteroatoms. The van der Waals surface area contributed by atoms with E-state index in [-0.39, 0.29) is 12.1 Å². The summed E-state index contributed by atoms with van der Waals surface area (Å²) in [5, 5.41) is 6.59. The maximum atomic E-state index is 11.7. The maximum absolute atomic E-state index is 11.7. The highest BCUT2D eigenvalue weighted by Crippen LogP contribution is 2.29. The van der Waals surface area contributed by atoms with Crippen LogP contribution in [0.15, 0.2) is 30.3 Å². The minimum atomic E-state index is -0.306. The summed E-state index contributed by atoms with van der Waals surface area (Å²) in [7, 11) is 0. The first-order valence-corrected chi connectivity index (χ1v) is 7.92. The molecule has 3 rings (SSSR count). The Kier molecular flexibility index (Phi) is 4.44. The molecule has 21 heavy (non-hydrogen) atoms. The van der Waals surface area contributed by atoms with Crippen molar-refractivity contribution in [3.8, 4) is 0 Å². The molecule has 0 unspecified atom stereocenters. The van der Waals surface area contributed by atoms with Gasteiger partial charge in [0.05, 0.1) is 0 Å². The first-order valence-electron chi connectivity index (χ1n) is 7.92. The van der Waals surface area contributed by atoms with Crippen molar-refractivity contribution in [2.75, 3.05) is 0 Å². The monoisotopic (exact) mass is 288 g/mol. The number of amides is 1. The lowest BCUT2D eigenvalue weighted by molar-refractivity contribution is 0.119. The average molecular weight is 288 g/mol. The van der Waals surface area contributed by atoms with Gasteiger partial charge in [-0.05, 0) is 37.2 Å². The highest BCUT2D eigenvalue weighted by atomic mass is 16.5. The van der Waals surface area contributed by atoms with E-state index < -0.39 is 0 Å². The van der Waals surface area contributed by atoms with Gasteiger partial charge < -0.3 is 15.4 Å². The largest absolute Gasteiger partial charge is 0.445 e. The molecular formula is C17H24N2O2. The molecule has 2 saturated carbocycles. The number of hydrogen-bond acceptors (Lipinski definition) is 3. The molecule has 0 bridgehead atoms. The normalized spacial score (nSPS) is 30.9. The fraction of sp³-hybridized carbons (Fsp3) is 0.588. The van der Waals surface area contributed by atoms with Crippen LogP contribution in [-0.2, 0) is 11.3 Å². The molecule has 0 saturated heterocycles. The Morgan fingerprint density at radius 1 is 1.10 bits per heavy atom. The Hall–Kier alpha value is -1.55. The molecular weight excluding hydrogens is 264 g/mol. The highest BCUT2D eigenvalue weighted by molar-refractivity contribution is 5.67. The van der Waals surface area contributed by atoms with E-state index >= 15 is 0 Å². The van der Waals surface area contributed by atoms with Gasteiger partial charge in [-0.15, -0.1) is 0 Å². The van der Waals surface area contributed by atoms with E-state index in [0.717, 1.165) is 24.3 Å². The van der Waals surface area contributed by atoms with Crippen molar-refractivity contribution in [2.45, 2.75) is 57.3 Å². The summed E-state index contributed by atoms with van der Waals surface area (Å²) < 4.78 is 5.23. The summed E-state index contributed by atoms with van der Waals surface area (Å²) in [4.78, 5) is 11.7. The van der Waals surface area contributed by atoms with Gasteiger partial charge in [0, 0.05) is 18.1 Å². The Morgan fingerprint density at radius 2 is 1.76 bits per heavy atom. The molecule has 1 amide bonds. The molecule has 0 aromatic heterocycles. The van der Waals surface area contributed by atoms with Gasteiger partial charge >= 0.3 is 6.09 Å². The molecule has 114 valence electrons. The number of carbonyl (C=O) groups excluding carboxylic acids is 1. The molecule has 1 aromatic carbocycles. The van der Waals surface area contributed by atoms with Crippen LogP contribution >= 0.6 is 0 Å². The van der Waals surface area contributed by atoms with Gasteiger partial charge in [-0.1, -0.05) is 37.3 Å². The van der Waals surface area contributed by atoms with E-state index in [1.165, 1.54) is 12.8 Å². The lowest BCUT2D eigenvalue weighted by atomic mass is 9.79. The summed E-state index contributed by atoms with van der Waals surface area (Å²) >= 11 is 0. The zero-order chi connectivity index (χ0) is 14.7. The number of carbonyl (C=O) groups is 1. The molecule has 2 N–H and O–H groups in total. The average Bonchev–Trinajstić information content (AvgIpc) is 2.42. The Labute approximate surface area is 126 Å². The van der Waals surface area contributed by atoms with Crippen LogP contribution < -0.4 is 10.6 Å². The molecule has 2 aliphatic rings. The Bertz CT molecular complexity index is 465. The second kappa shape index (κ2) is 6.48. The van der Waals surface area contributed by atoms with Gasteiger partial charge in [-0.2, -0.15) is 0 Å². The number of alkyl carbamates (subject to hydrolysis) is 1. The number of nitrogens with one attached hydrogen (secondary N) is 2. The van der Waals surface area contributed by atoms with E-state index in [1.807, 2.05) is 30.3 Å². The zero-order valence-corrected chi connectivity index (χ0v) is 12.5. The smallest absolute Gasteiger partial charge is 0.407 e. The van der Waals surface area contributed by atoms with E-state index in [1.54, 1.807) is 0 Å². The van der Waals surface area contributed by atoms with Gasteiger partial charge in [-0.25, -0.2) is 4.79 Å². The quantitative estimate of drug-likeness (QED) is 0.876. The van der Waals surface area contributed by atoms with Crippen molar-refractivity contribution in [3.63, 3.8) is 0 Å². The molecule has 0 spiro atoms. The van der Waals surface area contributed by atoms with Crippen LogP contribution in [0.2, 0.25) is 0 Å². The van der Waals surface area contributed by atoms with Crippen LogP contribution in [0.25, 0.3) is 0 Å². The van der Waals surface area contributed by atoms with E-state index in [0.29, 0.717) is 18.7 Å². The number of rotatable bonds is 5. The molecule has 1 aromatic rings. The summed E-state index contributed by atoms with van der Waals surface area (Å²) in [6.07, 6.45) is 4.33. The maximum Gasteiger partial charge on any atom is 0.407 e. The van der Waals surface area contributed by atoms with E-state index in [2.05, 4.69) is 17.6 Å². The molecule has 2 fully saturated rings. The molecule has 0 radical (unpaired) electrons. The summed E-state index contributed by atoms with van der Waals surface area (Å²) in [5.41, 5.74) is 1.01. The minimum absolute atomic E-state index is 0.267. The first-order chi connectivity index (χ1) is 10.2. The van der Waals surface area contributed by atoms with Crippen LogP contribution in [0.4, 0.5) is 4.79 Å². The third kappa shape index (κ3) is 3.97. The third-order valence-electron chi connectivity index (χ3n) is 4.52. The lowest BCUT2D eigenvalue weighted by Gasteiger charge is -2.42. The van der Waals surface area contributed by atoms with Gasteiger partial charge in [0.25, 0.3) is 0 Å². The summed E-state index contributed by atoms with van der Waals surface area (Å²) in [6.45, 7) is 2.63. The third-order valence-corrected chi connectivity index (χ3v) is 4.52. The minimum Gasteiger partial charge on any atom is -0.445 e. The first kappa shape index (κ1) is 14.4. The molecule has 0 heterocycles. The fourth-order valence-electron chi connectivity index (χ4n) is 3.18. The van der Waals surface area contributed by atoms with Crippen molar-refractivity contribution < 1.29 is 9.53 Å². The number of benzene rings is 1. The fourth-order valence-corrected chi connectivity index (χ4v) is 3.18. The molecule has 2 aliphatic carbocycles. The van der Waals surface area contributed by atoms with Crippen molar-refractivity contribution >= 4 is 6.09 Å². The summed E-state index contributed by atoms with van der Waals surface area (Å²) in [6, 6.07) is 11.3. The van der Waals surface area contributed by atoms with Crippen molar-refractivity contribution in [1.82, 2.24) is 10.6 Å². The zero-order valence-electron chi connectivity index (χ0n) is 12.5. The lowest BCUT2D eigenvalue weighted by Crippen LogP contribution is -2.56. The van der Waals surface area contributed by atoms with Gasteiger partial charge in [-0.3, -0.25) is 0 Å². The van der Waals surface area contributed by atoms with Crippen LogP contribution in [0.1, 0.15) is 38.2 Å². The highest BCUT2D eigenvalue weighted by Gasteiger charge is 2.34. The van der Waals surface area contributed by atoms with Crippen molar-refractivity contribution in [2.24, 2.45) is 5.92 Å². The van der Waals surface area contributed by atoms with Crippen molar-refractivity contribution in [1.29, 1.82) is 0 Å². The van der Waals surface area contributed by atoms with E-state index in [9.17, 15) is 4.79 Å².